The van der Waals surface area contributed by atoms with E-state index in [0.29, 0.717) is 58.7 Å². The second-order valence-electron chi connectivity index (χ2n) is 17.7. The summed E-state index contributed by atoms with van der Waals surface area (Å²) in [5, 5.41) is 37.1. The molecule has 0 saturated heterocycles. The van der Waals surface area contributed by atoms with Crippen LogP contribution in [0.1, 0.15) is 75.3 Å². The van der Waals surface area contributed by atoms with E-state index >= 15 is 8.42 Å². The number of hydrogen-bond donors (Lipinski definition) is 2. The summed E-state index contributed by atoms with van der Waals surface area (Å²) >= 11 is 1.64. The van der Waals surface area contributed by atoms with Crippen LogP contribution in [-0.2, 0) is 26.2 Å². The van der Waals surface area contributed by atoms with Crippen LogP contribution >= 0.6 is 11.8 Å². The summed E-state index contributed by atoms with van der Waals surface area (Å²) in [6, 6.07) is 27.5. The lowest BCUT2D eigenvalue weighted by Crippen LogP contribution is -2.70. The number of rotatable bonds is 23. The van der Waals surface area contributed by atoms with Crippen molar-refractivity contribution in [3.8, 4) is 17.2 Å². The number of nitrogens with zero attached hydrogens (tertiary/aromatic N) is 4. The van der Waals surface area contributed by atoms with Gasteiger partial charge in [0.15, 0.2) is 0 Å². The highest BCUT2D eigenvalue weighted by molar-refractivity contribution is 7.98. The van der Waals surface area contributed by atoms with Gasteiger partial charge in [-0.25, -0.2) is 8.42 Å². The Morgan fingerprint density at radius 2 is 1.72 bits per heavy atom. The average molecular weight is 977 g/mol. The third kappa shape index (κ3) is 10.5. The number of ether oxygens (including phenoxy) is 3. The zero-order valence-electron chi connectivity index (χ0n) is 39.0. The molecule has 8 rings (SSSR count). The van der Waals surface area contributed by atoms with Crippen molar-refractivity contribution >= 4 is 44.1 Å². The van der Waals surface area contributed by atoms with Crippen LogP contribution in [0.3, 0.4) is 0 Å². The summed E-state index contributed by atoms with van der Waals surface area (Å²) in [5.74, 6) is -0.950. The summed E-state index contributed by atoms with van der Waals surface area (Å²) in [5.41, 5.74) is 3.16. The number of allylic oxidation sites excluding steroid dienone is 1. The Hall–Kier alpha value is -5.62. The lowest BCUT2D eigenvalue weighted by molar-refractivity contribution is -0.384. The van der Waals surface area contributed by atoms with Crippen LogP contribution in [0.5, 0.6) is 17.2 Å². The quantitative estimate of drug-likeness (QED) is 0.0208. The van der Waals surface area contributed by atoms with Crippen molar-refractivity contribution in [3.63, 3.8) is 0 Å². The number of oxime groups is 1. The lowest BCUT2D eigenvalue weighted by atomic mass is 9.55. The predicted octanol–water partition coefficient (Wildman–Crippen LogP) is 10.6. The number of unbranched alkanes of at least 4 members (excludes halogenated alkanes) is 2. The van der Waals surface area contributed by atoms with E-state index in [9.17, 15) is 20.3 Å². The Kier molecular flexibility index (Phi) is 16.2. The monoisotopic (exact) mass is 976 g/mol. The fraction of sp³-hybridized carbons (Fsp3) is 0.396. The molecular weight excluding hydrogens is 917 g/mol. The second kappa shape index (κ2) is 22.4. The van der Waals surface area contributed by atoms with Gasteiger partial charge in [0.05, 0.1) is 34.7 Å². The number of aliphatic hydroxyl groups excluding tert-OH is 2. The molecule has 0 bridgehead atoms. The second-order valence-corrected chi connectivity index (χ2v) is 20.4. The number of nitro groups is 1. The number of pyridine rings is 1. The van der Waals surface area contributed by atoms with E-state index in [1.165, 1.54) is 16.4 Å². The molecule has 14 nitrogen and oxygen atoms in total. The van der Waals surface area contributed by atoms with E-state index in [1.807, 2.05) is 67.8 Å². The number of fused-ring (bicyclic) bond motifs is 3. The Morgan fingerprint density at radius 3 is 2.43 bits per heavy atom. The van der Waals surface area contributed by atoms with Crippen molar-refractivity contribution in [3.05, 3.63) is 149 Å². The number of benzene rings is 4. The SMILES string of the molecule is C=CCO[C@@]12Oc3ccc(Oc4ccc(SC)cc4)cc3[C@H]3[C@H](CCCCO)[C@@H](CCCCO)C=C(C(=NOCc4ccc([N+](=O)[O-])cc4)C[C@@H]1N(CCC)S(=O)(=O)c1cccc4cccnc14)[C@H]32. The fourth-order valence-electron chi connectivity index (χ4n) is 10.4. The van der Waals surface area contributed by atoms with E-state index in [2.05, 4.69) is 17.6 Å². The van der Waals surface area contributed by atoms with E-state index in [1.54, 1.807) is 54.4 Å². The standard InChI is InChI=1S/C53H60N4O10S2/c1-4-28-56(69(62,63)48-16-10-13-37-14-11-27-54-52(37)48)49-34-46(55-65-35-36-17-19-39(20-18-36)57(60)61)44-32-38(12-6-8-29-58)43(15-7-9-30-59)50-45-33-41(66-40-21-24-42(68-3)25-22-40)23-26-47(45)67-53(49,51(44)50)64-31-5-2/h5,10-11,13-14,16-27,32-33,38,43,49-51,58-59H,2,4,6-9,12,15,28-31,34-35H2,1,3H3/t38-,43+,49-,50+,51+,53+/m0/s1. The summed E-state index contributed by atoms with van der Waals surface area (Å²) < 4.78 is 53.9. The van der Waals surface area contributed by atoms with E-state index < -0.39 is 32.7 Å². The largest absolute Gasteiger partial charge is 0.460 e. The first-order valence-electron chi connectivity index (χ1n) is 23.7. The molecule has 2 aliphatic carbocycles. The molecular formula is C53H60N4O10S2. The van der Waals surface area contributed by atoms with Crippen LogP contribution in [0, 0.1) is 27.9 Å². The van der Waals surface area contributed by atoms with Crippen molar-refractivity contribution in [2.24, 2.45) is 22.9 Å². The highest BCUT2D eigenvalue weighted by Gasteiger charge is 2.66. The molecule has 0 radical (unpaired) electrons. The molecule has 0 spiro atoms. The minimum absolute atomic E-state index is 0.00798. The highest BCUT2D eigenvalue weighted by atomic mass is 32.2. The molecule has 1 aromatic heterocycles. The van der Waals surface area contributed by atoms with E-state index in [0.717, 1.165) is 41.7 Å². The Bertz CT molecular complexity index is 2760. The van der Waals surface area contributed by atoms with Gasteiger partial charge in [-0.2, -0.15) is 4.31 Å². The van der Waals surface area contributed by atoms with Gasteiger partial charge in [0, 0.05) is 66.3 Å². The minimum Gasteiger partial charge on any atom is -0.460 e. The number of aliphatic hydroxyl groups is 2. The molecule has 5 aromatic rings. The molecule has 3 aliphatic rings. The molecule has 6 atom stereocenters. The lowest BCUT2D eigenvalue weighted by Gasteiger charge is -2.59. The highest BCUT2D eigenvalue weighted by Crippen LogP contribution is 2.62. The third-order valence-electron chi connectivity index (χ3n) is 13.5. The van der Waals surface area contributed by atoms with Crippen LogP contribution in [0.2, 0.25) is 0 Å². The predicted molar refractivity (Wildman–Crippen MR) is 267 cm³/mol. The summed E-state index contributed by atoms with van der Waals surface area (Å²) in [6.45, 7) is 6.18. The molecule has 1 fully saturated rings. The molecule has 1 aliphatic heterocycles. The van der Waals surface area contributed by atoms with Crippen LogP contribution in [0.4, 0.5) is 5.69 Å². The Labute approximate surface area is 408 Å². The van der Waals surface area contributed by atoms with Crippen LogP contribution in [-0.4, -0.2) is 83.0 Å². The first kappa shape index (κ1) is 49.8. The number of nitro benzene ring substituents is 1. The summed E-state index contributed by atoms with van der Waals surface area (Å²) in [7, 11) is -4.36. The van der Waals surface area contributed by atoms with Crippen molar-refractivity contribution in [1.82, 2.24) is 9.29 Å². The van der Waals surface area contributed by atoms with Crippen LogP contribution in [0.25, 0.3) is 10.9 Å². The molecule has 364 valence electrons. The maximum Gasteiger partial charge on any atom is 0.269 e. The number of hydrogen-bond acceptors (Lipinski definition) is 13. The Morgan fingerprint density at radius 1 is 0.986 bits per heavy atom. The zero-order valence-corrected chi connectivity index (χ0v) is 40.7. The molecule has 16 heteroatoms. The van der Waals surface area contributed by atoms with Gasteiger partial charge in [-0.05, 0) is 128 Å². The third-order valence-corrected chi connectivity index (χ3v) is 16.2. The van der Waals surface area contributed by atoms with E-state index in [-0.39, 0.29) is 67.7 Å². The van der Waals surface area contributed by atoms with Gasteiger partial charge in [-0.15, -0.1) is 18.3 Å². The minimum atomic E-state index is -4.36. The van der Waals surface area contributed by atoms with Gasteiger partial charge in [-0.1, -0.05) is 55.3 Å². The zero-order chi connectivity index (χ0) is 48.5. The van der Waals surface area contributed by atoms with Crippen molar-refractivity contribution < 1.29 is 42.6 Å². The normalized spacial score (nSPS) is 22.4. The van der Waals surface area contributed by atoms with Gasteiger partial charge in [0.1, 0.15) is 28.8 Å². The number of para-hydroxylation sites is 1. The number of aromatic nitrogens is 1. The van der Waals surface area contributed by atoms with Gasteiger partial charge >= 0.3 is 0 Å². The molecule has 0 unspecified atom stereocenters. The van der Waals surface area contributed by atoms with Crippen molar-refractivity contribution in [1.29, 1.82) is 0 Å². The first-order chi connectivity index (χ1) is 33.6. The molecule has 69 heavy (non-hydrogen) atoms. The first-order valence-corrected chi connectivity index (χ1v) is 26.3. The van der Waals surface area contributed by atoms with Gasteiger partial charge in [-0.3, -0.25) is 15.1 Å². The van der Waals surface area contributed by atoms with E-state index in [4.69, 9.17) is 24.2 Å². The number of sulfonamides is 1. The van der Waals surface area contributed by atoms with Crippen LogP contribution < -0.4 is 9.47 Å². The fourth-order valence-corrected chi connectivity index (χ4v) is 12.7. The topological polar surface area (TPSA) is 183 Å². The summed E-state index contributed by atoms with van der Waals surface area (Å²) in [4.78, 5) is 22.9. The van der Waals surface area contributed by atoms with Gasteiger partial charge in [0.2, 0.25) is 15.8 Å². The molecule has 2 N–H and O–H groups in total. The van der Waals surface area contributed by atoms with Crippen molar-refractivity contribution in [2.75, 3.05) is 32.6 Å². The Balaban J connectivity index is 1.35. The maximum atomic E-state index is 15.7. The molecule has 2 heterocycles. The number of non-ortho nitro benzene ring substituents is 1. The van der Waals surface area contributed by atoms with Gasteiger partial charge in [0.25, 0.3) is 5.69 Å². The molecule has 4 aromatic carbocycles. The average Bonchev–Trinajstić information content (AvgIpc) is 3.36. The van der Waals surface area contributed by atoms with Gasteiger partial charge < -0.3 is 29.3 Å². The summed E-state index contributed by atoms with van der Waals surface area (Å²) in [6.07, 6.45) is 12.1. The maximum absolute atomic E-state index is 15.7. The van der Waals surface area contributed by atoms with Crippen LogP contribution in [0.15, 0.2) is 143 Å². The number of thioether (sulfide) groups is 1. The molecule has 1 saturated carbocycles. The smallest absolute Gasteiger partial charge is 0.269 e. The van der Waals surface area contributed by atoms with Crippen molar-refractivity contribution in [2.45, 2.75) is 92.4 Å². The molecule has 0 amide bonds.